The van der Waals surface area contributed by atoms with Crippen molar-refractivity contribution in [1.82, 2.24) is 5.32 Å². The first-order valence-electron chi connectivity index (χ1n) is 5.96. The Morgan fingerprint density at radius 1 is 1.35 bits per heavy atom. The molecule has 17 heavy (non-hydrogen) atoms. The summed E-state index contributed by atoms with van der Waals surface area (Å²) in [5.41, 5.74) is 5.23. The molecule has 0 aromatic heterocycles. The summed E-state index contributed by atoms with van der Waals surface area (Å²) < 4.78 is 0. The zero-order valence-corrected chi connectivity index (χ0v) is 11.0. The number of rotatable bonds is 7. The van der Waals surface area contributed by atoms with Crippen LogP contribution in [0.4, 0.5) is 0 Å². The molecule has 0 bridgehead atoms. The van der Waals surface area contributed by atoms with Gasteiger partial charge < -0.3 is 16.2 Å². The Kier molecular flexibility index (Phi) is 6.80. The van der Waals surface area contributed by atoms with Crippen LogP contribution in [0.3, 0.4) is 0 Å². The van der Waals surface area contributed by atoms with Gasteiger partial charge in [-0.15, -0.1) is 0 Å². The van der Waals surface area contributed by atoms with Gasteiger partial charge in [0.05, 0.1) is 5.92 Å². The van der Waals surface area contributed by atoms with E-state index < -0.39 is 11.9 Å². The lowest BCUT2D eigenvalue weighted by atomic mass is 9.84. The van der Waals surface area contributed by atoms with E-state index in [2.05, 4.69) is 5.32 Å². The fourth-order valence-corrected chi connectivity index (χ4v) is 1.57. The Morgan fingerprint density at radius 3 is 2.35 bits per heavy atom. The summed E-state index contributed by atoms with van der Waals surface area (Å²) in [6.45, 7) is 6.62. The van der Waals surface area contributed by atoms with Crippen LogP contribution in [0.25, 0.3) is 0 Å². The number of hydrogen-bond acceptors (Lipinski definition) is 3. The van der Waals surface area contributed by atoms with Crippen molar-refractivity contribution in [2.75, 3.05) is 13.1 Å². The monoisotopic (exact) mass is 244 g/mol. The van der Waals surface area contributed by atoms with Gasteiger partial charge in [0.25, 0.3) is 0 Å². The molecule has 100 valence electrons. The van der Waals surface area contributed by atoms with Crippen molar-refractivity contribution in [2.45, 2.75) is 40.0 Å². The highest BCUT2D eigenvalue weighted by Gasteiger charge is 2.24. The molecule has 0 saturated heterocycles. The molecule has 0 radical (unpaired) electrons. The predicted molar refractivity (Wildman–Crippen MR) is 66.5 cm³/mol. The van der Waals surface area contributed by atoms with E-state index in [9.17, 15) is 9.59 Å². The molecule has 0 fully saturated rings. The minimum atomic E-state index is -0.862. The smallest absolute Gasteiger partial charge is 0.308 e. The third-order valence-electron chi connectivity index (χ3n) is 2.36. The summed E-state index contributed by atoms with van der Waals surface area (Å²) in [6.07, 6.45) is 1.53. The highest BCUT2D eigenvalue weighted by atomic mass is 16.4. The van der Waals surface area contributed by atoms with Crippen LogP contribution in [0.15, 0.2) is 0 Å². The summed E-state index contributed by atoms with van der Waals surface area (Å²) in [4.78, 5) is 22.4. The van der Waals surface area contributed by atoms with Gasteiger partial charge in [0.2, 0.25) is 5.91 Å². The molecule has 0 heterocycles. The maximum atomic E-state index is 11.3. The van der Waals surface area contributed by atoms with Crippen molar-refractivity contribution in [2.24, 2.45) is 17.1 Å². The summed E-state index contributed by atoms with van der Waals surface area (Å²) in [5.74, 6) is -1.52. The van der Waals surface area contributed by atoms with E-state index in [4.69, 9.17) is 10.8 Å². The predicted octanol–water partition coefficient (Wildman–Crippen LogP) is 0.979. The minimum absolute atomic E-state index is 0.0644. The van der Waals surface area contributed by atoms with Crippen molar-refractivity contribution < 1.29 is 14.7 Å². The average Bonchev–Trinajstić information content (AvgIpc) is 2.19. The zero-order chi connectivity index (χ0) is 13.5. The van der Waals surface area contributed by atoms with Gasteiger partial charge in [0.1, 0.15) is 0 Å². The number of amides is 1. The molecule has 0 aliphatic heterocycles. The Balaban J connectivity index is 4.10. The third-order valence-corrected chi connectivity index (χ3v) is 2.36. The number of carbonyl (C=O) groups is 2. The number of carboxylic acid groups (broad SMARTS) is 1. The summed E-state index contributed by atoms with van der Waals surface area (Å²) in [7, 11) is 0. The van der Waals surface area contributed by atoms with Crippen LogP contribution < -0.4 is 11.1 Å². The van der Waals surface area contributed by atoms with Crippen LogP contribution in [0.2, 0.25) is 0 Å². The molecule has 4 N–H and O–H groups in total. The third kappa shape index (κ3) is 8.68. The Hall–Kier alpha value is -1.10. The molecule has 5 heteroatoms. The van der Waals surface area contributed by atoms with E-state index >= 15 is 0 Å². The number of hydrogen-bond donors (Lipinski definition) is 3. The van der Waals surface area contributed by atoms with Gasteiger partial charge in [-0.1, -0.05) is 20.8 Å². The molecule has 0 spiro atoms. The van der Waals surface area contributed by atoms with Crippen LogP contribution in [-0.2, 0) is 9.59 Å². The van der Waals surface area contributed by atoms with Gasteiger partial charge in [-0.05, 0) is 24.8 Å². The van der Waals surface area contributed by atoms with Crippen molar-refractivity contribution in [3.05, 3.63) is 0 Å². The molecular formula is C12H24N2O3. The first kappa shape index (κ1) is 15.9. The molecule has 0 aromatic carbocycles. The molecule has 0 rings (SSSR count). The molecule has 5 nitrogen and oxygen atoms in total. The summed E-state index contributed by atoms with van der Waals surface area (Å²) in [5, 5.41) is 11.7. The van der Waals surface area contributed by atoms with Crippen molar-refractivity contribution in [3.8, 4) is 0 Å². The average molecular weight is 244 g/mol. The number of aliphatic carboxylic acids is 1. The molecule has 0 saturated carbocycles. The fourth-order valence-electron chi connectivity index (χ4n) is 1.57. The second-order valence-electron chi connectivity index (χ2n) is 5.50. The number of carbonyl (C=O) groups excluding carboxylic acids is 1. The summed E-state index contributed by atoms with van der Waals surface area (Å²) in [6, 6.07) is 0. The SMILES string of the molecule is CC(C)(C)CC(CNC(=O)CCCN)C(=O)O. The van der Waals surface area contributed by atoms with Gasteiger partial charge in [0.15, 0.2) is 0 Å². The van der Waals surface area contributed by atoms with E-state index in [0.29, 0.717) is 25.8 Å². The van der Waals surface area contributed by atoms with Gasteiger partial charge >= 0.3 is 5.97 Å². The van der Waals surface area contributed by atoms with E-state index in [1.54, 1.807) is 0 Å². The normalized spacial score (nSPS) is 13.2. The van der Waals surface area contributed by atoms with Crippen LogP contribution in [0.1, 0.15) is 40.0 Å². The van der Waals surface area contributed by atoms with Gasteiger partial charge in [-0.3, -0.25) is 9.59 Å². The van der Waals surface area contributed by atoms with Crippen LogP contribution in [0.5, 0.6) is 0 Å². The van der Waals surface area contributed by atoms with Crippen molar-refractivity contribution >= 4 is 11.9 Å². The first-order valence-corrected chi connectivity index (χ1v) is 5.96. The lowest BCUT2D eigenvalue weighted by molar-refractivity contribution is -0.142. The Labute approximate surface area is 103 Å². The van der Waals surface area contributed by atoms with E-state index in [-0.39, 0.29) is 17.9 Å². The second-order valence-corrected chi connectivity index (χ2v) is 5.50. The lowest BCUT2D eigenvalue weighted by Gasteiger charge is -2.23. The molecule has 0 aromatic rings. The zero-order valence-electron chi connectivity index (χ0n) is 11.0. The fraction of sp³-hybridized carbons (Fsp3) is 0.833. The van der Waals surface area contributed by atoms with Gasteiger partial charge in [-0.25, -0.2) is 0 Å². The molecule has 1 atom stereocenters. The largest absolute Gasteiger partial charge is 0.481 e. The van der Waals surface area contributed by atoms with Crippen LogP contribution in [-0.4, -0.2) is 30.1 Å². The molecule has 1 amide bonds. The Morgan fingerprint density at radius 2 is 1.94 bits per heavy atom. The lowest BCUT2D eigenvalue weighted by Crippen LogP contribution is -2.35. The number of nitrogens with one attached hydrogen (secondary N) is 1. The number of nitrogens with two attached hydrogens (primary N) is 1. The summed E-state index contributed by atoms with van der Waals surface area (Å²) >= 11 is 0. The minimum Gasteiger partial charge on any atom is -0.481 e. The Bertz CT molecular complexity index is 259. The first-order chi connectivity index (χ1) is 7.76. The maximum absolute atomic E-state index is 11.3. The van der Waals surface area contributed by atoms with Crippen molar-refractivity contribution in [1.29, 1.82) is 0 Å². The molecule has 0 aliphatic carbocycles. The van der Waals surface area contributed by atoms with Gasteiger partial charge in [0, 0.05) is 13.0 Å². The van der Waals surface area contributed by atoms with E-state index in [1.165, 1.54) is 0 Å². The standard InChI is InChI=1S/C12H24N2O3/c1-12(2,3)7-9(11(16)17)8-14-10(15)5-4-6-13/h9H,4-8,13H2,1-3H3,(H,14,15)(H,16,17). The quantitative estimate of drug-likeness (QED) is 0.622. The maximum Gasteiger partial charge on any atom is 0.308 e. The molecular weight excluding hydrogens is 220 g/mol. The van der Waals surface area contributed by atoms with Crippen LogP contribution >= 0.6 is 0 Å². The molecule has 1 unspecified atom stereocenters. The second kappa shape index (κ2) is 7.27. The van der Waals surface area contributed by atoms with Crippen molar-refractivity contribution in [3.63, 3.8) is 0 Å². The highest BCUT2D eigenvalue weighted by Crippen LogP contribution is 2.24. The van der Waals surface area contributed by atoms with Gasteiger partial charge in [-0.2, -0.15) is 0 Å². The number of carboxylic acids is 1. The topological polar surface area (TPSA) is 92.4 Å². The van der Waals surface area contributed by atoms with Crippen LogP contribution in [0, 0.1) is 11.3 Å². The van der Waals surface area contributed by atoms with E-state index in [1.807, 2.05) is 20.8 Å². The molecule has 0 aliphatic rings. The van der Waals surface area contributed by atoms with E-state index in [0.717, 1.165) is 0 Å². The highest BCUT2D eigenvalue weighted by molar-refractivity contribution is 5.77.